The first-order chi connectivity index (χ1) is 12.9. The molecule has 6 nitrogen and oxygen atoms in total. The van der Waals surface area contributed by atoms with Crippen molar-refractivity contribution >= 4 is 41.7 Å². The number of amides is 2. The molecule has 2 aromatic rings. The molecule has 2 atom stereocenters. The van der Waals surface area contributed by atoms with Crippen molar-refractivity contribution in [3.63, 3.8) is 0 Å². The van der Waals surface area contributed by atoms with Gasteiger partial charge in [-0.3, -0.25) is 9.59 Å². The highest BCUT2D eigenvalue weighted by Gasteiger charge is 2.26. The van der Waals surface area contributed by atoms with Crippen LogP contribution in [0, 0.1) is 6.92 Å². The van der Waals surface area contributed by atoms with Crippen LogP contribution in [0.2, 0.25) is 0 Å². The summed E-state index contributed by atoms with van der Waals surface area (Å²) in [4.78, 5) is 38.0. The van der Waals surface area contributed by atoms with Crippen molar-refractivity contribution in [2.24, 2.45) is 0 Å². The van der Waals surface area contributed by atoms with Gasteiger partial charge in [-0.15, -0.1) is 11.3 Å². The van der Waals surface area contributed by atoms with Gasteiger partial charge in [0.1, 0.15) is 12.1 Å². The van der Waals surface area contributed by atoms with Crippen LogP contribution in [0.5, 0.6) is 0 Å². The molecule has 0 saturated heterocycles. The smallest absolute Gasteiger partial charge is 0.326 e. The number of aliphatic carboxylic acids is 1. The molecule has 2 rings (SSSR count). The average molecular weight is 407 g/mol. The summed E-state index contributed by atoms with van der Waals surface area (Å²) in [5.74, 6) is -1.64. The maximum atomic E-state index is 12.6. The second kappa shape index (κ2) is 10.1. The zero-order chi connectivity index (χ0) is 19.8. The quantitative estimate of drug-likeness (QED) is 0.481. The number of carboxylic acid groups (broad SMARTS) is 1. The Hall–Kier alpha value is -2.32. The van der Waals surface area contributed by atoms with Crippen LogP contribution in [0.4, 0.5) is 0 Å². The first-order valence-electron chi connectivity index (χ1n) is 8.46. The van der Waals surface area contributed by atoms with E-state index in [4.69, 9.17) is 0 Å². The highest BCUT2D eigenvalue weighted by Crippen LogP contribution is 2.15. The number of nitrogens with one attached hydrogen (secondary N) is 2. The van der Waals surface area contributed by atoms with Crippen molar-refractivity contribution in [2.75, 3.05) is 5.75 Å². The molecule has 0 fully saturated rings. The van der Waals surface area contributed by atoms with Gasteiger partial charge in [0.25, 0.3) is 5.91 Å². The number of thiophene rings is 1. The molecule has 1 aromatic heterocycles. The van der Waals surface area contributed by atoms with E-state index in [1.807, 2.05) is 31.2 Å². The number of aryl methyl sites for hydroxylation is 1. The lowest BCUT2D eigenvalue weighted by atomic mass is 10.1. The molecule has 2 amide bonds. The SMILES string of the molecule is Cc1ccc(C(=O)NC(CCS)C(=O)N[C@H](Cc2ccccc2)C(=O)O)s1. The molecule has 0 radical (unpaired) electrons. The van der Waals surface area contributed by atoms with Gasteiger partial charge in [-0.25, -0.2) is 4.79 Å². The molecule has 8 heteroatoms. The molecule has 0 aliphatic rings. The van der Waals surface area contributed by atoms with E-state index in [1.54, 1.807) is 18.2 Å². The van der Waals surface area contributed by atoms with Gasteiger partial charge in [0.15, 0.2) is 0 Å². The Morgan fingerprint density at radius 1 is 1.07 bits per heavy atom. The summed E-state index contributed by atoms with van der Waals surface area (Å²) in [5, 5.41) is 14.6. The standard InChI is InChI=1S/C19H22N2O4S2/c1-12-7-8-16(27-12)18(23)20-14(9-10-26)17(22)21-15(19(24)25)11-13-5-3-2-4-6-13/h2-8,14-15,26H,9-11H2,1H3,(H,20,23)(H,21,22)(H,24,25)/t14?,15-/m1/s1. The summed E-state index contributed by atoms with van der Waals surface area (Å²) < 4.78 is 0. The summed E-state index contributed by atoms with van der Waals surface area (Å²) in [6.45, 7) is 1.89. The summed E-state index contributed by atoms with van der Waals surface area (Å²) in [6.07, 6.45) is 0.455. The molecule has 1 heterocycles. The largest absolute Gasteiger partial charge is 0.480 e. The highest BCUT2D eigenvalue weighted by atomic mass is 32.1. The van der Waals surface area contributed by atoms with E-state index in [-0.39, 0.29) is 12.3 Å². The van der Waals surface area contributed by atoms with E-state index < -0.39 is 24.0 Å². The summed E-state index contributed by atoms with van der Waals surface area (Å²) in [6, 6.07) is 10.6. The third-order valence-electron chi connectivity index (χ3n) is 3.90. The Morgan fingerprint density at radius 2 is 1.78 bits per heavy atom. The highest BCUT2D eigenvalue weighted by molar-refractivity contribution is 7.80. The predicted octanol–water partition coefficient (Wildman–Crippen LogP) is 2.29. The van der Waals surface area contributed by atoms with Crippen LogP contribution >= 0.6 is 24.0 Å². The normalized spacial score (nSPS) is 12.8. The van der Waals surface area contributed by atoms with Crippen LogP contribution in [0.3, 0.4) is 0 Å². The number of carbonyl (C=O) groups is 3. The lowest BCUT2D eigenvalue weighted by molar-refractivity contribution is -0.142. The van der Waals surface area contributed by atoms with E-state index >= 15 is 0 Å². The van der Waals surface area contributed by atoms with Crippen molar-refractivity contribution in [3.8, 4) is 0 Å². The van der Waals surface area contributed by atoms with Gasteiger partial charge < -0.3 is 15.7 Å². The second-order valence-electron chi connectivity index (χ2n) is 6.04. The Bertz CT molecular complexity index is 792. The number of carboxylic acids is 1. The minimum atomic E-state index is -1.13. The van der Waals surface area contributed by atoms with Gasteiger partial charge in [-0.1, -0.05) is 30.3 Å². The molecular weight excluding hydrogens is 384 g/mol. The van der Waals surface area contributed by atoms with E-state index in [0.29, 0.717) is 17.1 Å². The Labute approximate surface area is 167 Å². The van der Waals surface area contributed by atoms with E-state index in [2.05, 4.69) is 23.3 Å². The first kappa shape index (κ1) is 21.0. The average Bonchev–Trinajstić information content (AvgIpc) is 3.08. The molecule has 0 spiro atoms. The van der Waals surface area contributed by atoms with Crippen LogP contribution in [0.1, 0.15) is 26.5 Å². The second-order valence-corrected chi connectivity index (χ2v) is 7.77. The van der Waals surface area contributed by atoms with E-state index in [1.165, 1.54) is 11.3 Å². The van der Waals surface area contributed by atoms with Crippen LogP contribution in [-0.2, 0) is 16.0 Å². The lowest BCUT2D eigenvalue weighted by Gasteiger charge is -2.21. The van der Waals surface area contributed by atoms with E-state index in [0.717, 1.165) is 10.4 Å². The summed E-state index contributed by atoms with van der Waals surface area (Å²) in [7, 11) is 0. The van der Waals surface area contributed by atoms with Crippen molar-refractivity contribution < 1.29 is 19.5 Å². The van der Waals surface area contributed by atoms with Crippen LogP contribution in [-0.4, -0.2) is 40.7 Å². The zero-order valence-corrected chi connectivity index (χ0v) is 16.6. The Morgan fingerprint density at radius 3 is 2.33 bits per heavy atom. The summed E-state index contributed by atoms with van der Waals surface area (Å²) in [5.41, 5.74) is 0.800. The fourth-order valence-electron chi connectivity index (χ4n) is 2.51. The summed E-state index contributed by atoms with van der Waals surface area (Å²) >= 11 is 5.47. The number of carbonyl (C=O) groups excluding carboxylic acids is 2. The molecule has 0 bridgehead atoms. The first-order valence-corrected chi connectivity index (χ1v) is 9.91. The van der Waals surface area contributed by atoms with Crippen molar-refractivity contribution in [3.05, 3.63) is 57.8 Å². The van der Waals surface area contributed by atoms with Crippen molar-refractivity contribution in [1.29, 1.82) is 0 Å². The number of thiol groups is 1. The number of hydrogen-bond acceptors (Lipinski definition) is 5. The van der Waals surface area contributed by atoms with Gasteiger partial charge in [-0.05, 0) is 36.8 Å². The Balaban J connectivity index is 2.05. The molecular formula is C19H22N2O4S2. The van der Waals surface area contributed by atoms with Gasteiger partial charge in [-0.2, -0.15) is 12.6 Å². The van der Waals surface area contributed by atoms with Crippen LogP contribution in [0.15, 0.2) is 42.5 Å². The maximum absolute atomic E-state index is 12.6. The molecule has 0 aliphatic carbocycles. The monoisotopic (exact) mass is 406 g/mol. The van der Waals surface area contributed by atoms with Crippen LogP contribution in [0.25, 0.3) is 0 Å². The third-order valence-corrected chi connectivity index (χ3v) is 5.16. The predicted molar refractivity (Wildman–Crippen MR) is 108 cm³/mol. The molecule has 27 heavy (non-hydrogen) atoms. The lowest BCUT2D eigenvalue weighted by Crippen LogP contribution is -2.52. The minimum absolute atomic E-state index is 0.160. The molecule has 1 unspecified atom stereocenters. The molecule has 1 aromatic carbocycles. The number of hydrogen-bond donors (Lipinski definition) is 4. The van der Waals surface area contributed by atoms with Gasteiger partial charge in [0.2, 0.25) is 5.91 Å². The van der Waals surface area contributed by atoms with Gasteiger partial charge in [0, 0.05) is 11.3 Å². The van der Waals surface area contributed by atoms with Gasteiger partial charge in [0.05, 0.1) is 4.88 Å². The maximum Gasteiger partial charge on any atom is 0.326 e. The topological polar surface area (TPSA) is 95.5 Å². The molecule has 0 aliphatic heterocycles. The Kier molecular flexibility index (Phi) is 7.87. The minimum Gasteiger partial charge on any atom is -0.480 e. The van der Waals surface area contributed by atoms with E-state index in [9.17, 15) is 19.5 Å². The third kappa shape index (κ3) is 6.41. The fraction of sp³-hybridized carbons (Fsp3) is 0.316. The zero-order valence-electron chi connectivity index (χ0n) is 14.8. The molecule has 0 saturated carbocycles. The number of benzene rings is 1. The van der Waals surface area contributed by atoms with Gasteiger partial charge >= 0.3 is 5.97 Å². The number of rotatable bonds is 9. The molecule has 3 N–H and O–H groups in total. The van der Waals surface area contributed by atoms with Crippen molar-refractivity contribution in [2.45, 2.75) is 31.8 Å². The molecule has 144 valence electrons. The fourth-order valence-corrected chi connectivity index (χ4v) is 3.53. The van der Waals surface area contributed by atoms with Crippen molar-refractivity contribution in [1.82, 2.24) is 10.6 Å². The van der Waals surface area contributed by atoms with Crippen LogP contribution < -0.4 is 10.6 Å².